The summed E-state index contributed by atoms with van der Waals surface area (Å²) in [4.78, 5) is 11.5. The Bertz CT molecular complexity index is 580. The molecule has 0 aromatic heterocycles. The Morgan fingerprint density at radius 1 is 1.27 bits per heavy atom. The summed E-state index contributed by atoms with van der Waals surface area (Å²) in [5.74, 6) is -0.699. The van der Waals surface area contributed by atoms with Crippen molar-refractivity contribution in [3.8, 4) is 0 Å². The number of cyclic esters (lactones) is 1. The van der Waals surface area contributed by atoms with E-state index in [1.165, 1.54) is 5.57 Å². The van der Waals surface area contributed by atoms with Crippen molar-refractivity contribution in [1.29, 1.82) is 0 Å². The van der Waals surface area contributed by atoms with Gasteiger partial charge < -0.3 is 14.2 Å². The average Bonchev–Trinajstić information content (AvgIpc) is 2.89. The summed E-state index contributed by atoms with van der Waals surface area (Å²) >= 11 is 0. The van der Waals surface area contributed by atoms with Gasteiger partial charge in [-0.05, 0) is 36.8 Å². The van der Waals surface area contributed by atoms with E-state index in [4.69, 9.17) is 14.2 Å². The van der Waals surface area contributed by atoms with Gasteiger partial charge in [-0.3, -0.25) is 0 Å². The SMILES string of the molecule is C=C[C@@H]1CC(C)(C)[C@@H]2OC(C)(C)OCC(C3=CC(=O)OC3)=C12. The van der Waals surface area contributed by atoms with E-state index in [0.717, 1.165) is 17.6 Å². The molecule has 120 valence electrons. The number of hydrogen-bond acceptors (Lipinski definition) is 4. The second-order valence-electron chi connectivity index (χ2n) is 7.43. The highest BCUT2D eigenvalue weighted by Gasteiger charge is 2.49. The molecular formula is C18H24O4. The van der Waals surface area contributed by atoms with Gasteiger partial charge in [0.2, 0.25) is 0 Å². The Balaban J connectivity index is 2.13. The molecule has 2 aliphatic heterocycles. The van der Waals surface area contributed by atoms with Crippen LogP contribution in [0.5, 0.6) is 0 Å². The third-order valence-corrected chi connectivity index (χ3v) is 4.79. The summed E-state index contributed by atoms with van der Waals surface area (Å²) in [5, 5.41) is 0. The van der Waals surface area contributed by atoms with Gasteiger partial charge in [-0.1, -0.05) is 19.9 Å². The Morgan fingerprint density at radius 3 is 2.59 bits per heavy atom. The van der Waals surface area contributed by atoms with Crippen LogP contribution in [0.2, 0.25) is 0 Å². The van der Waals surface area contributed by atoms with E-state index in [1.807, 2.05) is 19.9 Å². The normalized spacial score (nSPS) is 33.1. The van der Waals surface area contributed by atoms with Gasteiger partial charge in [-0.15, -0.1) is 6.58 Å². The van der Waals surface area contributed by atoms with Crippen LogP contribution in [0.15, 0.2) is 35.5 Å². The van der Waals surface area contributed by atoms with Crippen LogP contribution in [0.1, 0.15) is 34.1 Å². The molecule has 1 aliphatic carbocycles. The van der Waals surface area contributed by atoms with Crippen LogP contribution in [0.25, 0.3) is 0 Å². The van der Waals surface area contributed by atoms with Gasteiger partial charge in [-0.2, -0.15) is 0 Å². The average molecular weight is 304 g/mol. The lowest BCUT2D eigenvalue weighted by Crippen LogP contribution is -2.37. The molecule has 0 amide bonds. The predicted octanol–water partition coefficient (Wildman–Crippen LogP) is 3.15. The van der Waals surface area contributed by atoms with E-state index < -0.39 is 5.79 Å². The lowest BCUT2D eigenvalue weighted by molar-refractivity contribution is -0.233. The molecule has 0 radical (unpaired) electrons. The number of esters is 1. The summed E-state index contributed by atoms with van der Waals surface area (Å²) in [7, 11) is 0. The van der Waals surface area contributed by atoms with Crippen LogP contribution in [-0.2, 0) is 19.0 Å². The van der Waals surface area contributed by atoms with E-state index >= 15 is 0 Å². The minimum absolute atomic E-state index is 0.00552. The fraction of sp³-hybridized carbons (Fsp3) is 0.611. The Kier molecular flexibility index (Phi) is 3.57. The molecule has 0 aromatic rings. The molecule has 4 heteroatoms. The maximum atomic E-state index is 11.5. The number of carbonyl (C=O) groups is 1. The first-order valence-electron chi connectivity index (χ1n) is 7.78. The summed E-state index contributed by atoms with van der Waals surface area (Å²) in [6.45, 7) is 13.1. The second kappa shape index (κ2) is 5.07. The minimum atomic E-state index is -0.658. The number of allylic oxidation sites excluding steroid dienone is 1. The van der Waals surface area contributed by atoms with Crippen molar-refractivity contribution in [2.75, 3.05) is 13.2 Å². The van der Waals surface area contributed by atoms with Gasteiger partial charge in [0.25, 0.3) is 0 Å². The van der Waals surface area contributed by atoms with E-state index in [9.17, 15) is 4.79 Å². The molecule has 2 heterocycles. The molecular weight excluding hydrogens is 280 g/mol. The zero-order valence-corrected chi connectivity index (χ0v) is 13.8. The molecule has 0 N–H and O–H groups in total. The van der Waals surface area contributed by atoms with Crippen LogP contribution < -0.4 is 0 Å². The van der Waals surface area contributed by atoms with E-state index in [2.05, 4.69) is 20.4 Å². The number of rotatable bonds is 2. The number of ether oxygens (including phenoxy) is 3. The maximum Gasteiger partial charge on any atom is 0.331 e. The van der Waals surface area contributed by atoms with Crippen molar-refractivity contribution in [1.82, 2.24) is 0 Å². The van der Waals surface area contributed by atoms with Crippen molar-refractivity contribution in [2.24, 2.45) is 11.3 Å². The van der Waals surface area contributed by atoms with Crippen LogP contribution in [-0.4, -0.2) is 31.1 Å². The van der Waals surface area contributed by atoms with E-state index in [1.54, 1.807) is 6.08 Å². The highest BCUT2D eigenvalue weighted by Crippen LogP contribution is 2.51. The summed E-state index contributed by atoms with van der Waals surface area (Å²) in [6, 6.07) is 0. The molecule has 4 nitrogen and oxygen atoms in total. The topological polar surface area (TPSA) is 44.8 Å². The fourth-order valence-electron chi connectivity index (χ4n) is 3.69. The van der Waals surface area contributed by atoms with Crippen molar-refractivity contribution >= 4 is 5.97 Å². The van der Waals surface area contributed by atoms with Crippen LogP contribution in [0.4, 0.5) is 0 Å². The van der Waals surface area contributed by atoms with Gasteiger partial charge in [0.1, 0.15) is 6.61 Å². The minimum Gasteiger partial charge on any atom is -0.458 e. The van der Waals surface area contributed by atoms with Gasteiger partial charge >= 0.3 is 5.97 Å². The first kappa shape index (κ1) is 15.5. The number of fused-ring (bicyclic) bond motifs is 1. The molecule has 3 aliphatic rings. The molecule has 2 atom stereocenters. The van der Waals surface area contributed by atoms with Crippen molar-refractivity contribution in [3.63, 3.8) is 0 Å². The van der Waals surface area contributed by atoms with Crippen molar-refractivity contribution < 1.29 is 19.0 Å². The van der Waals surface area contributed by atoms with Crippen molar-refractivity contribution in [3.05, 3.63) is 35.5 Å². The zero-order valence-electron chi connectivity index (χ0n) is 13.8. The highest BCUT2D eigenvalue weighted by molar-refractivity contribution is 5.86. The molecule has 22 heavy (non-hydrogen) atoms. The monoisotopic (exact) mass is 304 g/mol. The standard InChI is InChI=1S/C18H24O4/c1-6-11-8-17(2,3)16-15(11)13(10-21-18(4,5)22-16)12-7-14(19)20-9-12/h6-7,11,16H,1,8-10H2,2-5H3/t11-,16-/m1/s1. The smallest absolute Gasteiger partial charge is 0.331 e. The first-order valence-corrected chi connectivity index (χ1v) is 7.78. The number of hydrogen-bond donors (Lipinski definition) is 0. The largest absolute Gasteiger partial charge is 0.458 e. The molecule has 0 unspecified atom stereocenters. The lowest BCUT2D eigenvalue weighted by Gasteiger charge is -2.33. The lowest BCUT2D eigenvalue weighted by atomic mass is 9.87. The third kappa shape index (κ3) is 2.55. The molecule has 0 aromatic carbocycles. The Labute approximate surface area is 131 Å². The highest BCUT2D eigenvalue weighted by atomic mass is 16.7. The fourth-order valence-corrected chi connectivity index (χ4v) is 3.69. The van der Waals surface area contributed by atoms with Crippen LogP contribution in [0.3, 0.4) is 0 Å². The van der Waals surface area contributed by atoms with E-state index in [-0.39, 0.29) is 23.4 Å². The third-order valence-electron chi connectivity index (χ3n) is 4.79. The zero-order chi connectivity index (χ0) is 16.1. The molecule has 1 fully saturated rings. The quantitative estimate of drug-likeness (QED) is 0.581. The van der Waals surface area contributed by atoms with Gasteiger partial charge in [0, 0.05) is 17.6 Å². The van der Waals surface area contributed by atoms with E-state index in [0.29, 0.717) is 13.2 Å². The number of carbonyl (C=O) groups excluding carboxylic acids is 1. The Morgan fingerprint density at radius 2 is 2.00 bits per heavy atom. The van der Waals surface area contributed by atoms with Crippen LogP contribution in [0, 0.1) is 11.3 Å². The van der Waals surface area contributed by atoms with Crippen LogP contribution >= 0.6 is 0 Å². The molecule has 0 saturated heterocycles. The summed E-state index contributed by atoms with van der Waals surface area (Å²) in [5.41, 5.74) is 3.16. The molecule has 1 saturated carbocycles. The molecule has 0 bridgehead atoms. The summed E-state index contributed by atoms with van der Waals surface area (Å²) in [6.07, 6.45) is 4.50. The van der Waals surface area contributed by atoms with Gasteiger partial charge in [0.05, 0.1) is 12.7 Å². The van der Waals surface area contributed by atoms with Crippen molar-refractivity contribution in [2.45, 2.75) is 46.0 Å². The van der Waals surface area contributed by atoms with Gasteiger partial charge in [-0.25, -0.2) is 4.79 Å². The molecule has 3 rings (SSSR count). The predicted molar refractivity (Wildman–Crippen MR) is 83.1 cm³/mol. The first-order chi connectivity index (χ1) is 10.2. The summed E-state index contributed by atoms with van der Waals surface area (Å²) < 4.78 is 17.3. The maximum absolute atomic E-state index is 11.5. The second-order valence-corrected chi connectivity index (χ2v) is 7.43. The molecule has 0 spiro atoms. The van der Waals surface area contributed by atoms with Gasteiger partial charge in [0.15, 0.2) is 5.79 Å². The Hall–Kier alpha value is -1.39.